The number of halogens is 2. The number of rotatable bonds is 8. The molecule has 0 saturated carbocycles. The highest BCUT2D eigenvalue weighted by Crippen LogP contribution is 2.36. The first-order valence-electron chi connectivity index (χ1n) is 19.2. The molecular formula is C45H37Cl2N11O2S. The second-order valence-electron chi connectivity index (χ2n) is 14.7. The molecule has 2 atom stereocenters. The molecule has 7 aromatic rings. The van der Waals surface area contributed by atoms with Crippen LogP contribution < -0.4 is 11.1 Å². The molecule has 2 aliphatic heterocycles. The number of thiazole rings is 1. The van der Waals surface area contributed by atoms with Gasteiger partial charge in [-0.2, -0.15) is 10.2 Å². The first-order valence-corrected chi connectivity index (χ1v) is 20.8. The van der Waals surface area contributed by atoms with Gasteiger partial charge in [-0.15, -0.1) is 11.3 Å². The molecule has 9 rings (SSSR count). The molecule has 0 aliphatic carbocycles. The molecule has 3 aromatic heterocycles. The molecule has 2 amide bonds. The fourth-order valence-corrected chi connectivity index (χ4v) is 8.30. The van der Waals surface area contributed by atoms with E-state index in [0.29, 0.717) is 76.1 Å². The zero-order valence-electron chi connectivity index (χ0n) is 33.0. The lowest BCUT2D eigenvalue weighted by atomic mass is 10.1. The Balaban J connectivity index is 0.000000171. The minimum Gasteiger partial charge on any atom is -0.398 e. The molecule has 13 nitrogen and oxygen atoms in total. The number of carbonyl (C=O) groups is 2. The fraction of sp³-hybridized carbons (Fsp3) is 0.178. The third-order valence-electron chi connectivity index (χ3n) is 10.4. The van der Waals surface area contributed by atoms with Crippen molar-refractivity contribution in [3.8, 4) is 22.5 Å². The van der Waals surface area contributed by atoms with Gasteiger partial charge in [0.1, 0.15) is 11.4 Å². The highest BCUT2D eigenvalue weighted by molar-refractivity contribution is 7.13. The van der Waals surface area contributed by atoms with Gasteiger partial charge in [0.05, 0.1) is 42.3 Å². The van der Waals surface area contributed by atoms with Crippen molar-refractivity contribution in [1.82, 2.24) is 34.3 Å². The largest absolute Gasteiger partial charge is 0.398 e. The van der Waals surface area contributed by atoms with Crippen LogP contribution in [0.3, 0.4) is 0 Å². The molecule has 0 saturated heterocycles. The summed E-state index contributed by atoms with van der Waals surface area (Å²) in [5, 5.41) is 16.5. The minimum atomic E-state index is -0.0707. The van der Waals surface area contributed by atoms with E-state index in [9.17, 15) is 9.59 Å². The lowest BCUT2D eigenvalue weighted by molar-refractivity contribution is 0.0645. The van der Waals surface area contributed by atoms with Crippen molar-refractivity contribution in [2.24, 2.45) is 0 Å². The Morgan fingerprint density at radius 1 is 0.721 bits per heavy atom. The van der Waals surface area contributed by atoms with Crippen molar-refractivity contribution >= 4 is 74.2 Å². The number of nitrogens with one attached hydrogen (secondary N) is 1. The Morgan fingerprint density at radius 2 is 1.21 bits per heavy atom. The maximum Gasteiger partial charge on any atom is 0.272 e. The van der Waals surface area contributed by atoms with E-state index in [1.807, 2.05) is 76.7 Å². The summed E-state index contributed by atoms with van der Waals surface area (Å²) in [4.78, 5) is 41.1. The van der Waals surface area contributed by atoms with Crippen LogP contribution in [-0.2, 0) is 13.1 Å². The lowest BCUT2D eigenvalue weighted by Gasteiger charge is -2.31. The molecule has 2 aliphatic rings. The molecule has 304 valence electrons. The Labute approximate surface area is 366 Å². The van der Waals surface area contributed by atoms with Crippen LogP contribution in [0.1, 0.15) is 58.0 Å². The Bertz CT molecular complexity index is 2840. The van der Waals surface area contributed by atoms with Crippen LogP contribution in [0.2, 0.25) is 10.0 Å². The average molecular weight is 867 g/mol. The number of hydrogen-bond acceptors (Lipinski definition) is 8. The monoisotopic (exact) mass is 865 g/mol. The third kappa shape index (κ3) is 8.69. The molecule has 5 heterocycles. The summed E-state index contributed by atoms with van der Waals surface area (Å²) in [6.07, 6.45) is 1.73. The summed E-state index contributed by atoms with van der Waals surface area (Å²) in [6.45, 7) is 20.3. The Kier molecular flexibility index (Phi) is 11.6. The van der Waals surface area contributed by atoms with Crippen LogP contribution in [0, 0.1) is 13.1 Å². The predicted molar refractivity (Wildman–Crippen MR) is 239 cm³/mol. The molecule has 3 N–H and O–H groups in total. The van der Waals surface area contributed by atoms with E-state index in [4.69, 9.17) is 47.2 Å². The number of nitrogen functional groups attached to an aromatic ring is 1. The number of benzene rings is 4. The van der Waals surface area contributed by atoms with Gasteiger partial charge in [0.25, 0.3) is 11.8 Å². The zero-order chi connectivity index (χ0) is 42.8. The van der Waals surface area contributed by atoms with Crippen molar-refractivity contribution in [3.05, 3.63) is 164 Å². The molecule has 61 heavy (non-hydrogen) atoms. The van der Waals surface area contributed by atoms with E-state index in [2.05, 4.69) is 32.0 Å². The van der Waals surface area contributed by atoms with Crippen LogP contribution in [0.25, 0.3) is 32.2 Å². The maximum atomic E-state index is 13.3. The van der Waals surface area contributed by atoms with Gasteiger partial charge < -0.3 is 20.9 Å². The number of hydrogen-bond donors (Lipinski definition) is 2. The van der Waals surface area contributed by atoms with Gasteiger partial charge >= 0.3 is 0 Å². The standard InChI is InChI=1S/C24H19ClN6OS.C21H18ClN5O/c1-15-13-30(14-16-3-6-18(26-2)7-4-16)23(32)22-12-21(29-31(15)22)19-8-5-17(25)11-20(19)28-24-27-9-10-33-24;1-13-11-26(12-14-3-6-16(24-2)7-4-14)21(28)20-10-19(25-27(13)20)17-8-5-15(22)9-18(17)23/h3-12,15H,13-14H2,1H3,(H,27,28);3-10,13H,11-12,23H2,1H3/t15-;13-/m00/s1. The van der Waals surface area contributed by atoms with Crippen LogP contribution in [-0.4, -0.2) is 59.2 Å². The summed E-state index contributed by atoms with van der Waals surface area (Å²) in [5.74, 6) is -0.136. The number of nitrogens with zero attached hydrogens (tertiary/aromatic N) is 9. The number of nitrogens with two attached hydrogens (primary N) is 1. The molecular weight excluding hydrogens is 830 g/mol. The molecule has 4 aromatic carbocycles. The van der Waals surface area contributed by atoms with Gasteiger partial charge in [-0.25, -0.2) is 14.7 Å². The van der Waals surface area contributed by atoms with Gasteiger partial charge in [0.2, 0.25) is 0 Å². The first kappa shape index (κ1) is 40.8. The highest BCUT2D eigenvalue weighted by Gasteiger charge is 2.33. The zero-order valence-corrected chi connectivity index (χ0v) is 35.3. The summed E-state index contributed by atoms with van der Waals surface area (Å²) in [5.41, 5.74) is 14.6. The number of amides is 2. The van der Waals surface area contributed by atoms with Gasteiger partial charge in [-0.1, -0.05) is 71.7 Å². The summed E-state index contributed by atoms with van der Waals surface area (Å²) < 4.78 is 3.57. The topological polar surface area (TPSA) is 136 Å². The average Bonchev–Trinajstić information content (AvgIpc) is 4.05. The van der Waals surface area contributed by atoms with Crippen LogP contribution in [0.5, 0.6) is 0 Å². The minimum absolute atomic E-state index is 0.0247. The Morgan fingerprint density at radius 3 is 1.69 bits per heavy atom. The van der Waals surface area contributed by atoms with E-state index in [0.717, 1.165) is 33.1 Å². The maximum absolute atomic E-state index is 13.3. The first-order chi connectivity index (χ1) is 29.5. The molecule has 0 unspecified atom stereocenters. The van der Waals surface area contributed by atoms with Crippen LogP contribution in [0.4, 0.5) is 27.9 Å². The Hall–Kier alpha value is -6.97. The summed E-state index contributed by atoms with van der Waals surface area (Å²) in [7, 11) is 0. The summed E-state index contributed by atoms with van der Waals surface area (Å²) in [6, 6.07) is 29.1. The highest BCUT2D eigenvalue weighted by atomic mass is 35.5. The van der Waals surface area contributed by atoms with Crippen molar-refractivity contribution in [2.45, 2.75) is 39.0 Å². The number of fused-ring (bicyclic) bond motifs is 2. The summed E-state index contributed by atoms with van der Waals surface area (Å²) >= 11 is 13.7. The van der Waals surface area contributed by atoms with Gasteiger partial charge in [0.15, 0.2) is 16.5 Å². The number of anilines is 3. The van der Waals surface area contributed by atoms with Gasteiger partial charge in [-0.05, 0) is 73.5 Å². The van der Waals surface area contributed by atoms with E-state index in [1.165, 1.54) is 11.3 Å². The van der Waals surface area contributed by atoms with E-state index >= 15 is 0 Å². The second-order valence-corrected chi connectivity index (χ2v) is 16.5. The van der Waals surface area contributed by atoms with E-state index < -0.39 is 0 Å². The number of aromatic nitrogens is 5. The van der Waals surface area contributed by atoms with Gasteiger partial charge in [0, 0.05) is 64.6 Å². The molecule has 0 bridgehead atoms. The van der Waals surface area contributed by atoms with Crippen molar-refractivity contribution in [3.63, 3.8) is 0 Å². The second kappa shape index (κ2) is 17.3. The molecule has 0 spiro atoms. The quantitative estimate of drug-likeness (QED) is 0.115. The predicted octanol–water partition coefficient (Wildman–Crippen LogP) is 10.7. The van der Waals surface area contributed by atoms with E-state index in [1.54, 1.807) is 58.0 Å². The van der Waals surface area contributed by atoms with Crippen LogP contribution in [0.15, 0.2) is 109 Å². The SMILES string of the molecule is [C-]#[N+]c1ccc(CN2C[C@H](C)n3nc(-c4ccc(Cl)cc4N)cc3C2=O)cc1.[C-]#[N+]c1ccc(CN2C[C@H](C)n3nc(-c4ccc(Cl)cc4Nc4nccs4)cc3C2=O)cc1. The molecule has 16 heteroatoms. The fourth-order valence-electron chi connectivity index (χ4n) is 7.40. The third-order valence-corrected chi connectivity index (χ3v) is 11.5. The molecule has 0 radical (unpaired) electrons. The van der Waals surface area contributed by atoms with Crippen LogP contribution >= 0.6 is 34.5 Å². The lowest BCUT2D eigenvalue weighted by Crippen LogP contribution is -2.41. The van der Waals surface area contributed by atoms with Crippen molar-refractivity contribution in [2.75, 3.05) is 24.1 Å². The van der Waals surface area contributed by atoms with E-state index in [-0.39, 0.29) is 23.9 Å². The smallest absolute Gasteiger partial charge is 0.272 e. The molecule has 0 fully saturated rings. The van der Waals surface area contributed by atoms with Gasteiger partial charge in [-0.3, -0.25) is 19.0 Å². The number of carbonyl (C=O) groups excluding carboxylic acids is 2. The normalized spacial score (nSPS) is 15.6. The van der Waals surface area contributed by atoms with Crippen molar-refractivity contribution in [1.29, 1.82) is 0 Å². The van der Waals surface area contributed by atoms with Crippen molar-refractivity contribution < 1.29 is 9.59 Å².